The molecule has 0 bridgehead atoms. The zero-order valence-corrected chi connectivity index (χ0v) is 9.99. The van der Waals surface area contributed by atoms with Crippen LogP contribution >= 0.6 is 0 Å². The van der Waals surface area contributed by atoms with Crippen LogP contribution in [0.2, 0.25) is 0 Å². The second kappa shape index (κ2) is 4.33. The Balaban J connectivity index is 1.78. The smallest absolute Gasteiger partial charge is 0.125 e. The Morgan fingerprint density at radius 1 is 1.06 bits per heavy atom. The van der Waals surface area contributed by atoms with Crippen LogP contribution in [0.25, 0.3) is 0 Å². The highest BCUT2D eigenvalue weighted by Gasteiger charge is 2.21. The van der Waals surface area contributed by atoms with E-state index in [1.165, 1.54) is 23.3 Å². The summed E-state index contributed by atoms with van der Waals surface area (Å²) in [5.41, 5.74) is 9.85. The molecule has 0 saturated heterocycles. The fraction of sp³-hybridized carbons (Fsp3) is 0.200. The maximum Gasteiger partial charge on any atom is 0.125 e. The van der Waals surface area contributed by atoms with Gasteiger partial charge in [-0.05, 0) is 42.2 Å². The van der Waals surface area contributed by atoms with Crippen LogP contribution < -0.4 is 11.1 Å². The number of fused-ring (bicyclic) bond motifs is 1. The largest absolute Gasteiger partial charge is 0.397 e. The van der Waals surface area contributed by atoms with E-state index in [-0.39, 0.29) is 5.82 Å². The number of benzene rings is 2. The van der Waals surface area contributed by atoms with Crippen molar-refractivity contribution in [3.05, 3.63) is 59.4 Å². The van der Waals surface area contributed by atoms with Gasteiger partial charge in [-0.2, -0.15) is 0 Å². The Labute approximate surface area is 106 Å². The van der Waals surface area contributed by atoms with Crippen molar-refractivity contribution in [2.45, 2.75) is 18.9 Å². The van der Waals surface area contributed by atoms with Crippen molar-refractivity contribution in [3.63, 3.8) is 0 Å². The van der Waals surface area contributed by atoms with Gasteiger partial charge in [0.15, 0.2) is 0 Å². The summed E-state index contributed by atoms with van der Waals surface area (Å²) in [7, 11) is 0. The van der Waals surface area contributed by atoms with Crippen LogP contribution in [0.4, 0.5) is 15.8 Å². The molecule has 3 heteroatoms. The van der Waals surface area contributed by atoms with Gasteiger partial charge in [0.2, 0.25) is 0 Å². The van der Waals surface area contributed by atoms with E-state index in [2.05, 4.69) is 29.6 Å². The molecule has 2 nitrogen and oxygen atoms in total. The highest BCUT2D eigenvalue weighted by atomic mass is 19.1. The van der Waals surface area contributed by atoms with Gasteiger partial charge in [0.25, 0.3) is 0 Å². The quantitative estimate of drug-likeness (QED) is 0.794. The van der Waals surface area contributed by atoms with Crippen molar-refractivity contribution in [3.8, 4) is 0 Å². The average molecular weight is 242 g/mol. The molecule has 0 spiro atoms. The summed E-state index contributed by atoms with van der Waals surface area (Å²) in [6, 6.07) is 13.1. The van der Waals surface area contributed by atoms with Crippen LogP contribution in [-0.4, -0.2) is 6.04 Å². The number of nitrogen functional groups attached to an aromatic ring is 1. The molecular weight excluding hydrogens is 227 g/mol. The van der Waals surface area contributed by atoms with Crippen LogP contribution in [0.5, 0.6) is 0 Å². The van der Waals surface area contributed by atoms with Crippen LogP contribution in [-0.2, 0) is 12.8 Å². The molecule has 0 aromatic heterocycles. The molecule has 1 aliphatic rings. The van der Waals surface area contributed by atoms with E-state index in [1.54, 1.807) is 6.07 Å². The standard InChI is InChI=1S/C15H15FN2/c16-12-5-6-14(17)15(9-12)18-13-7-10-3-1-2-4-11(10)8-13/h1-6,9,13,18H,7-8,17H2. The minimum absolute atomic E-state index is 0.262. The molecule has 1 aliphatic carbocycles. The van der Waals surface area contributed by atoms with Gasteiger partial charge in [-0.25, -0.2) is 4.39 Å². The summed E-state index contributed by atoms with van der Waals surface area (Å²) >= 11 is 0. The molecule has 0 heterocycles. The number of rotatable bonds is 2. The van der Waals surface area contributed by atoms with Gasteiger partial charge < -0.3 is 11.1 Å². The summed E-state index contributed by atoms with van der Waals surface area (Å²) < 4.78 is 13.2. The van der Waals surface area contributed by atoms with Crippen molar-refractivity contribution in [1.29, 1.82) is 0 Å². The molecule has 0 amide bonds. The van der Waals surface area contributed by atoms with Gasteiger partial charge >= 0.3 is 0 Å². The molecule has 0 unspecified atom stereocenters. The molecule has 0 atom stereocenters. The second-order valence-electron chi connectivity index (χ2n) is 4.75. The maximum atomic E-state index is 13.2. The molecule has 2 aromatic rings. The van der Waals surface area contributed by atoms with E-state index >= 15 is 0 Å². The van der Waals surface area contributed by atoms with Gasteiger partial charge in [-0.15, -0.1) is 0 Å². The number of nitrogens with one attached hydrogen (secondary N) is 1. The van der Waals surface area contributed by atoms with E-state index < -0.39 is 0 Å². The highest BCUT2D eigenvalue weighted by molar-refractivity contribution is 5.66. The number of hydrogen-bond acceptors (Lipinski definition) is 2. The normalized spacial score (nSPS) is 14.5. The van der Waals surface area contributed by atoms with Crippen molar-refractivity contribution >= 4 is 11.4 Å². The Bertz CT molecular complexity index is 555. The Morgan fingerprint density at radius 2 is 1.72 bits per heavy atom. The van der Waals surface area contributed by atoms with Gasteiger partial charge in [-0.3, -0.25) is 0 Å². The van der Waals surface area contributed by atoms with Gasteiger partial charge in [0.1, 0.15) is 5.82 Å². The van der Waals surface area contributed by atoms with E-state index in [0.29, 0.717) is 17.4 Å². The Morgan fingerprint density at radius 3 is 2.39 bits per heavy atom. The third-order valence-corrected chi connectivity index (χ3v) is 3.43. The van der Waals surface area contributed by atoms with Crippen molar-refractivity contribution in [2.24, 2.45) is 0 Å². The average Bonchev–Trinajstić information content (AvgIpc) is 2.76. The second-order valence-corrected chi connectivity index (χ2v) is 4.75. The number of nitrogens with two attached hydrogens (primary N) is 1. The number of anilines is 2. The summed E-state index contributed by atoms with van der Waals surface area (Å²) in [6.07, 6.45) is 1.93. The van der Waals surface area contributed by atoms with E-state index in [4.69, 9.17) is 5.73 Å². The van der Waals surface area contributed by atoms with Gasteiger partial charge in [0.05, 0.1) is 11.4 Å². The van der Waals surface area contributed by atoms with E-state index in [1.807, 2.05) is 0 Å². The predicted octanol–water partition coefficient (Wildman–Crippen LogP) is 2.99. The van der Waals surface area contributed by atoms with Crippen LogP contribution in [0, 0.1) is 5.82 Å². The van der Waals surface area contributed by atoms with Gasteiger partial charge in [-0.1, -0.05) is 24.3 Å². The molecule has 18 heavy (non-hydrogen) atoms. The molecule has 0 aliphatic heterocycles. The zero-order valence-electron chi connectivity index (χ0n) is 9.99. The lowest BCUT2D eigenvalue weighted by atomic mass is 10.1. The Hall–Kier alpha value is -2.03. The van der Waals surface area contributed by atoms with E-state index in [0.717, 1.165) is 12.8 Å². The third kappa shape index (κ3) is 2.04. The van der Waals surface area contributed by atoms with Crippen LogP contribution in [0.15, 0.2) is 42.5 Å². The van der Waals surface area contributed by atoms with Crippen molar-refractivity contribution in [1.82, 2.24) is 0 Å². The monoisotopic (exact) mass is 242 g/mol. The molecule has 2 aromatic carbocycles. The Kier molecular flexibility index (Phi) is 2.67. The molecule has 0 saturated carbocycles. The minimum atomic E-state index is -0.262. The summed E-state index contributed by atoms with van der Waals surface area (Å²) in [5.74, 6) is -0.262. The lowest BCUT2D eigenvalue weighted by Crippen LogP contribution is -2.20. The molecule has 3 rings (SSSR count). The summed E-state index contributed by atoms with van der Waals surface area (Å²) in [5, 5.41) is 3.33. The fourth-order valence-electron chi connectivity index (χ4n) is 2.53. The first-order chi connectivity index (χ1) is 8.72. The lowest BCUT2D eigenvalue weighted by molar-refractivity contribution is 0.628. The highest BCUT2D eigenvalue weighted by Crippen LogP contribution is 2.27. The first kappa shape index (κ1) is 11.1. The molecule has 3 N–H and O–H groups in total. The third-order valence-electron chi connectivity index (χ3n) is 3.43. The lowest BCUT2D eigenvalue weighted by Gasteiger charge is -2.15. The minimum Gasteiger partial charge on any atom is -0.397 e. The predicted molar refractivity (Wildman–Crippen MR) is 72.1 cm³/mol. The van der Waals surface area contributed by atoms with Crippen LogP contribution in [0.3, 0.4) is 0 Å². The van der Waals surface area contributed by atoms with Crippen LogP contribution in [0.1, 0.15) is 11.1 Å². The van der Waals surface area contributed by atoms with Gasteiger partial charge in [0, 0.05) is 6.04 Å². The summed E-state index contributed by atoms with van der Waals surface area (Å²) in [4.78, 5) is 0. The molecule has 0 radical (unpaired) electrons. The molecule has 92 valence electrons. The maximum absolute atomic E-state index is 13.2. The number of hydrogen-bond donors (Lipinski definition) is 2. The number of halogens is 1. The van der Waals surface area contributed by atoms with Crippen molar-refractivity contribution in [2.75, 3.05) is 11.1 Å². The fourth-order valence-corrected chi connectivity index (χ4v) is 2.53. The molecule has 0 fully saturated rings. The SMILES string of the molecule is Nc1ccc(F)cc1NC1Cc2ccccc2C1. The van der Waals surface area contributed by atoms with E-state index in [9.17, 15) is 4.39 Å². The first-order valence-electron chi connectivity index (χ1n) is 6.11. The zero-order chi connectivity index (χ0) is 12.5. The van der Waals surface area contributed by atoms with Crippen molar-refractivity contribution < 1.29 is 4.39 Å². The topological polar surface area (TPSA) is 38.0 Å². The molecular formula is C15H15FN2. The first-order valence-corrected chi connectivity index (χ1v) is 6.11. The summed E-state index contributed by atoms with van der Waals surface area (Å²) in [6.45, 7) is 0.